The van der Waals surface area contributed by atoms with Gasteiger partial charge in [0.15, 0.2) is 15.0 Å². The van der Waals surface area contributed by atoms with E-state index in [1.54, 1.807) is 11.8 Å². The summed E-state index contributed by atoms with van der Waals surface area (Å²) in [6.07, 6.45) is 0. The highest BCUT2D eigenvalue weighted by Gasteiger charge is 2.47. The Morgan fingerprint density at radius 2 is 1.73 bits per heavy atom. The normalized spacial score (nSPS) is 23.5. The van der Waals surface area contributed by atoms with Gasteiger partial charge in [0.1, 0.15) is 5.75 Å². The Morgan fingerprint density at radius 3 is 2.46 bits per heavy atom. The van der Waals surface area contributed by atoms with E-state index in [4.69, 9.17) is 9.73 Å². The molecule has 1 saturated heterocycles. The van der Waals surface area contributed by atoms with Gasteiger partial charge in [-0.2, -0.15) is 0 Å². The van der Waals surface area contributed by atoms with E-state index in [-0.39, 0.29) is 23.6 Å². The van der Waals surface area contributed by atoms with E-state index in [9.17, 15) is 8.42 Å². The van der Waals surface area contributed by atoms with E-state index in [1.165, 1.54) is 0 Å². The maximum atomic E-state index is 12.0. The lowest BCUT2D eigenvalue weighted by Crippen LogP contribution is -2.39. The number of nitrogens with zero attached hydrogens (tertiary/aromatic N) is 2. The number of para-hydroxylation sites is 2. The maximum Gasteiger partial charge on any atom is 0.164 e. The van der Waals surface area contributed by atoms with E-state index in [2.05, 4.69) is 4.90 Å². The van der Waals surface area contributed by atoms with Crippen molar-refractivity contribution in [2.24, 2.45) is 4.99 Å². The minimum absolute atomic E-state index is 0.0973. The second-order valence-electron chi connectivity index (χ2n) is 6.34. The average molecular weight is 389 g/mol. The molecule has 2 aliphatic rings. The molecular weight excluding hydrogens is 368 g/mol. The van der Waals surface area contributed by atoms with Crippen molar-refractivity contribution in [3.8, 4) is 5.75 Å². The highest BCUT2D eigenvalue weighted by atomic mass is 32.2. The molecule has 0 bridgehead atoms. The Morgan fingerprint density at radius 1 is 1.04 bits per heavy atom. The number of ether oxygens (including phenoxy) is 1. The van der Waals surface area contributed by atoms with Crippen LogP contribution in [-0.4, -0.2) is 49.5 Å². The van der Waals surface area contributed by atoms with Crippen LogP contribution >= 0.6 is 11.8 Å². The molecule has 0 unspecified atom stereocenters. The van der Waals surface area contributed by atoms with Gasteiger partial charge in [-0.1, -0.05) is 48.2 Å². The molecule has 2 aliphatic heterocycles. The van der Waals surface area contributed by atoms with Crippen molar-refractivity contribution in [2.75, 3.05) is 28.8 Å². The van der Waals surface area contributed by atoms with Crippen LogP contribution in [0.4, 0.5) is 5.69 Å². The molecule has 2 aromatic carbocycles. The molecule has 2 aromatic rings. The zero-order chi connectivity index (χ0) is 18.0. The molecule has 7 heteroatoms. The van der Waals surface area contributed by atoms with Crippen LogP contribution in [0.3, 0.4) is 0 Å². The summed E-state index contributed by atoms with van der Waals surface area (Å²) in [5.41, 5.74) is 0.993. The quantitative estimate of drug-likeness (QED) is 0.737. The Balaban J connectivity index is 1.45. The molecule has 0 spiro atoms. The first kappa shape index (κ1) is 17.4. The lowest BCUT2D eigenvalue weighted by molar-refractivity contribution is 0.344. The van der Waals surface area contributed by atoms with Crippen LogP contribution in [0.25, 0.3) is 0 Å². The van der Waals surface area contributed by atoms with Crippen LogP contribution < -0.4 is 9.64 Å². The number of fused-ring (bicyclic) bond motifs is 1. The Hall–Kier alpha value is -1.99. The van der Waals surface area contributed by atoms with Crippen molar-refractivity contribution < 1.29 is 13.2 Å². The number of amidine groups is 1. The van der Waals surface area contributed by atoms with Gasteiger partial charge >= 0.3 is 0 Å². The highest BCUT2D eigenvalue weighted by molar-refractivity contribution is 8.14. The molecule has 2 atom stereocenters. The molecule has 0 aromatic heterocycles. The van der Waals surface area contributed by atoms with Crippen molar-refractivity contribution in [2.45, 2.75) is 12.1 Å². The number of hydrogen-bond donors (Lipinski definition) is 0. The zero-order valence-electron chi connectivity index (χ0n) is 14.2. The van der Waals surface area contributed by atoms with E-state index >= 15 is 0 Å². The van der Waals surface area contributed by atoms with Gasteiger partial charge in [0.05, 0.1) is 30.2 Å². The van der Waals surface area contributed by atoms with Crippen molar-refractivity contribution in [1.82, 2.24) is 0 Å². The fourth-order valence-electron chi connectivity index (χ4n) is 3.33. The van der Waals surface area contributed by atoms with E-state index in [0.717, 1.165) is 22.4 Å². The van der Waals surface area contributed by atoms with Gasteiger partial charge in [0.2, 0.25) is 0 Å². The standard InChI is InChI=1S/C19H20N2O3S2/c22-26(23)13-17-18(14-26)21(15-7-3-1-4-8-15)19(20-17)25-12-11-24-16-9-5-2-6-10-16/h1-10,17-18H,11-14H2/t17-,18+/m1/s1. The van der Waals surface area contributed by atoms with E-state index in [1.807, 2.05) is 60.7 Å². The van der Waals surface area contributed by atoms with E-state index in [0.29, 0.717) is 6.61 Å². The fourth-order valence-corrected chi connectivity index (χ4v) is 6.12. The summed E-state index contributed by atoms with van der Waals surface area (Å²) >= 11 is 1.62. The molecule has 5 nitrogen and oxygen atoms in total. The Bertz CT molecular complexity index is 886. The fraction of sp³-hybridized carbons (Fsp3) is 0.316. The summed E-state index contributed by atoms with van der Waals surface area (Å²) in [6.45, 7) is 0.573. The topological polar surface area (TPSA) is 59.0 Å². The zero-order valence-corrected chi connectivity index (χ0v) is 15.8. The third kappa shape index (κ3) is 3.73. The first-order valence-electron chi connectivity index (χ1n) is 8.55. The Labute approximate surface area is 158 Å². The van der Waals surface area contributed by atoms with Gasteiger partial charge in [-0.3, -0.25) is 4.99 Å². The number of rotatable bonds is 5. The smallest absolute Gasteiger partial charge is 0.164 e. The number of hydrogen-bond acceptors (Lipinski definition) is 6. The molecule has 2 heterocycles. The molecule has 0 N–H and O–H groups in total. The number of sulfone groups is 1. The van der Waals surface area contributed by atoms with Gasteiger partial charge in [0, 0.05) is 11.4 Å². The monoisotopic (exact) mass is 388 g/mol. The van der Waals surface area contributed by atoms with Gasteiger partial charge in [0.25, 0.3) is 0 Å². The summed E-state index contributed by atoms with van der Waals surface area (Å²) in [5.74, 6) is 1.92. The number of aliphatic imine (C=N–C) groups is 1. The second-order valence-corrected chi connectivity index (χ2v) is 9.55. The van der Waals surface area contributed by atoms with Crippen LogP contribution in [-0.2, 0) is 9.84 Å². The van der Waals surface area contributed by atoms with Crippen LogP contribution in [0, 0.1) is 0 Å². The molecule has 0 amide bonds. The molecule has 1 fully saturated rings. The van der Waals surface area contributed by atoms with E-state index < -0.39 is 9.84 Å². The third-order valence-electron chi connectivity index (χ3n) is 4.47. The second kappa shape index (κ2) is 7.32. The van der Waals surface area contributed by atoms with Gasteiger partial charge < -0.3 is 9.64 Å². The summed E-state index contributed by atoms with van der Waals surface area (Å²) < 4.78 is 29.8. The number of thioether (sulfide) groups is 1. The van der Waals surface area contributed by atoms with Crippen LogP contribution in [0.15, 0.2) is 65.7 Å². The SMILES string of the molecule is O=S1(=O)C[C@H]2N=C(SCCOc3ccccc3)N(c3ccccc3)[C@H]2C1. The lowest BCUT2D eigenvalue weighted by atomic mass is 10.1. The molecule has 136 valence electrons. The Kier molecular flexibility index (Phi) is 4.91. The van der Waals surface area contributed by atoms with Crippen molar-refractivity contribution in [3.05, 3.63) is 60.7 Å². The molecule has 26 heavy (non-hydrogen) atoms. The molecule has 0 saturated carbocycles. The summed E-state index contributed by atoms with van der Waals surface area (Å²) in [6, 6.07) is 19.3. The number of benzene rings is 2. The largest absolute Gasteiger partial charge is 0.493 e. The summed E-state index contributed by atoms with van der Waals surface area (Å²) in [5, 5.41) is 0.887. The predicted molar refractivity (Wildman–Crippen MR) is 107 cm³/mol. The number of anilines is 1. The average Bonchev–Trinajstić information content (AvgIpc) is 3.11. The van der Waals surface area contributed by atoms with Crippen LogP contribution in [0.1, 0.15) is 0 Å². The van der Waals surface area contributed by atoms with Gasteiger partial charge in [-0.05, 0) is 24.3 Å². The van der Waals surface area contributed by atoms with Crippen LogP contribution in [0.2, 0.25) is 0 Å². The van der Waals surface area contributed by atoms with Gasteiger partial charge in [-0.15, -0.1) is 0 Å². The molecule has 0 radical (unpaired) electrons. The third-order valence-corrected chi connectivity index (χ3v) is 7.10. The lowest BCUT2D eigenvalue weighted by Gasteiger charge is -2.26. The van der Waals surface area contributed by atoms with Crippen molar-refractivity contribution in [1.29, 1.82) is 0 Å². The summed E-state index contributed by atoms with van der Waals surface area (Å²) in [4.78, 5) is 6.80. The molecular formula is C19H20N2O3S2. The molecule has 4 rings (SSSR count). The first-order valence-corrected chi connectivity index (χ1v) is 11.4. The minimum atomic E-state index is -3.01. The maximum absolute atomic E-state index is 12.0. The minimum Gasteiger partial charge on any atom is -0.493 e. The van der Waals surface area contributed by atoms with Gasteiger partial charge in [-0.25, -0.2) is 8.42 Å². The summed E-state index contributed by atoms with van der Waals surface area (Å²) in [7, 11) is -3.01. The molecule has 0 aliphatic carbocycles. The highest BCUT2D eigenvalue weighted by Crippen LogP contribution is 2.34. The first-order chi connectivity index (χ1) is 12.6. The van der Waals surface area contributed by atoms with Crippen molar-refractivity contribution in [3.63, 3.8) is 0 Å². The van der Waals surface area contributed by atoms with Crippen LogP contribution in [0.5, 0.6) is 5.75 Å². The van der Waals surface area contributed by atoms with Crippen molar-refractivity contribution >= 4 is 32.5 Å². The predicted octanol–water partition coefficient (Wildman–Crippen LogP) is 2.84.